The van der Waals surface area contributed by atoms with Crippen LogP contribution in [0.1, 0.15) is 30.3 Å². The monoisotopic (exact) mass is 426 g/mol. The van der Waals surface area contributed by atoms with E-state index in [9.17, 15) is 0 Å². The van der Waals surface area contributed by atoms with Crippen molar-refractivity contribution < 1.29 is 14.2 Å². The molecular formula is C22H26N4O3S. The Balaban J connectivity index is 1.92. The summed E-state index contributed by atoms with van der Waals surface area (Å²) in [5, 5.41) is 13.9. The molecule has 0 saturated carbocycles. The number of methoxy groups -OCH3 is 2. The quantitative estimate of drug-likeness (QED) is 0.356. The average Bonchev–Trinajstić information content (AvgIpc) is 3.17. The average molecular weight is 427 g/mol. The van der Waals surface area contributed by atoms with Crippen molar-refractivity contribution in [3.8, 4) is 17.2 Å². The summed E-state index contributed by atoms with van der Waals surface area (Å²) in [6, 6.07) is 13.9. The van der Waals surface area contributed by atoms with E-state index in [4.69, 9.17) is 14.2 Å². The molecule has 1 aromatic heterocycles. The van der Waals surface area contributed by atoms with Crippen LogP contribution >= 0.6 is 11.8 Å². The van der Waals surface area contributed by atoms with E-state index in [-0.39, 0.29) is 0 Å². The zero-order valence-electron chi connectivity index (χ0n) is 17.7. The maximum absolute atomic E-state index is 5.80. The number of hydrogen-bond donors (Lipinski definition) is 0. The molecule has 2 aromatic carbocycles. The second kappa shape index (κ2) is 10.7. The lowest BCUT2D eigenvalue weighted by Gasteiger charge is -2.14. The van der Waals surface area contributed by atoms with E-state index in [1.54, 1.807) is 25.1 Å². The maximum Gasteiger partial charge on any atom is 0.211 e. The fourth-order valence-electron chi connectivity index (χ4n) is 2.87. The predicted octanol–water partition coefficient (Wildman–Crippen LogP) is 4.28. The molecule has 0 bridgehead atoms. The molecule has 0 aliphatic heterocycles. The summed E-state index contributed by atoms with van der Waals surface area (Å²) >= 11 is 1.50. The van der Waals surface area contributed by atoms with E-state index in [2.05, 4.69) is 34.4 Å². The molecule has 0 unspecified atom stereocenters. The van der Waals surface area contributed by atoms with Crippen LogP contribution in [0, 0.1) is 0 Å². The minimum absolute atomic E-state index is 0.584. The van der Waals surface area contributed by atoms with Crippen LogP contribution in [-0.2, 0) is 6.42 Å². The number of thioether (sulfide) groups is 1. The van der Waals surface area contributed by atoms with Crippen LogP contribution in [0.4, 0.5) is 0 Å². The van der Waals surface area contributed by atoms with Crippen LogP contribution in [0.2, 0.25) is 0 Å². The molecule has 0 N–H and O–H groups in total. The Kier molecular flexibility index (Phi) is 7.73. The zero-order valence-corrected chi connectivity index (χ0v) is 18.5. The summed E-state index contributed by atoms with van der Waals surface area (Å²) in [5.41, 5.74) is 1.97. The van der Waals surface area contributed by atoms with Crippen molar-refractivity contribution >= 4 is 18.0 Å². The van der Waals surface area contributed by atoms with Crippen LogP contribution in [0.5, 0.6) is 17.2 Å². The van der Waals surface area contributed by atoms with Crippen LogP contribution in [-0.4, -0.2) is 48.2 Å². The van der Waals surface area contributed by atoms with Crippen molar-refractivity contribution in [2.24, 2.45) is 5.10 Å². The summed E-state index contributed by atoms with van der Waals surface area (Å²) in [7, 11) is 3.22. The summed E-state index contributed by atoms with van der Waals surface area (Å²) in [6.45, 7) is 2.64. The Morgan fingerprint density at radius 1 is 1.07 bits per heavy atom. The molecule has 7 nitrogen and oxygen atoms in total. The largest absolute Gasteiger partial charge is 0.493 e. The van der Waals surface area contributed by atoms with Gasteiger partial charge in [-0.1, -0.05) is 49.0 Å². The van der Waals surface area contributed by atoms with Crippen molar-refractivity contribution in [1.29, 1.82) is 0 Å². The molecule has 8 heteroatoms. The summed E-state index contributed by atoms with van der Waals surface area (Å²) < 4.78 is 18.6. The zero-order chi connectivity index (χ0) is 21.3. The first-order valence-corrected chi connectivity index (χ1v) is 10.9. The normalized spacial score (nSPS) is 11.1. The standard InChI is InChI=1S/C22H26N4O3S/c1-5-11-29-21-18(27-2)12-17(13-19(21)28-3)15-23-26-20(24-25-22(26)30-4)14-16-9-7-6-8-10-16/h6-10,12-13,15H,5,11,14H2,1-4H3/b23-15-. The van der Waals surface area contributed by atoms with Crippen LogP contribution in [0.3, 0.4) is 0 Å². The van der Waals surface area contributed by atoms with Gasteiger partial charge in [0, 0.05) is 12.0 Å². The second-order valence-electron chi connectivity index (χ2n) is 6.42. The number of benzene rings is 2. The predicted molar refractivity (Wildman–Crippen MR) is 119 cm³/mol. The summed E-state index contributed by atoms with van der Waals surface area (Å²) in [5.74, 6) is 2.56. The minimum Gasteiger partial charge on any atom is -0.493 e. The molecular weight excluding hydrogens is 400 g/mol. The Labute approximate surface area is 181 Å². The van der Waals surface area contributed by atoms with Crippen LogP contribution < -0.4 is 14.2 Å². The fraction of sp³-hybridized carbons (Fsp3) is 0.318. The van der Waals surface area contributed by atoms with Gasteiger partial charge in [0.05, 0.1) is 27.0 Å². The van der Waals surface area contributed by atoms with E-state index in [1.165, 1.54) is 11.8 Å². The Bertz CT molecular complexity index is 964. The molecule has 158 valence electrons. The van der Waals surface area contributed by atoms with E-state index in [1.807, 2.05) is 36.6 Å². The smallest absolute Gasteiger partial charge is 0.211 e. The van der Waals surface area contributed by atoms with E-state index < -0.39 is 0 Å². The van der Waals surface area contributed by atoms with Gasteiger partial charge in [-0.15, -0.1) is 10.2 Å². The van der Waals surface area contributed by atoms with Gasteiger partial charge in [0.2, 0.25) is 10.9 Å². The molecule has 30 heavy (non-hydrogen) atoms. The highest BCUT2D eigenvalue weighted by atomic mass is 32.2. The fourth-order valence-corrected chi connectivity index (χ4v) is 3.32. The lowest BCUT2D eigenvalue weighted by molar-refractivity contribution is 0.275. The molecule has 3 aromatic rings. The highest BCUT2D eigenvalue weighted by molar-refractivity contribution is 7.98. The molecule has 0 saturated heterocycles. The molecule has 3 rings (SSSR count). The van der Waals surface area contributed by atoms with Gasteiger partial charge >= 0.3 is 0 Å². The van der Waals surface area contributed by atoms with Crippen molar-refractivity contribution in [2.75, 3.05) is 27.1 Å². The van der Waals surface area contributed by atoms with Gasteiger partial charge < -0.3 is 14.2 Å². The summed E-state index contributed by atoms with van der Waals surface area (Å²) in [4.78, 5) is 0. The van der Waals surface area contributed by atoms with Gasteiger partial charge in [-0.2, -0.15) is 9.78 Å². The Morgan fingerprint density at radius 3 is 2.37 bits per heavy atom. The molecule has 0 spiro atoms. The number of nitrogens with zero attached hydrogens (tertiary/aromatic N) is 4. The molecule has 0 aliphatic carbocycles. The van der Waals surface area contributed by atoms with Gasteiger partial charge in [0.25, 0.3) is 0 Å². The Morgan fingerprint density at radius 2 is 1.77 bits per heavy atom. The molecule has 0 radical (unpaired) electrons. The van der Waals surface area contributed by atoms with Crippen LogP contribution in [0.15, 0.2) is 52.7 Å². The lowest BCUT2D eigenvalue weighted by atomic mass is 10.1. The van der Waals surface area contributed by atoms with Gasteiger partial charge in [-0.25, -0.2) is 0 Å². The van der Waals surface area contributed by atoms with Crippen molar-refractivity contribution in [3.05, 3.63) is 59.4 Å². The maximum atomic E-state index is 5.80. The minimum atomic E-state index is 0.584. The van der Waals surface area contributed by atoms with Gasteiger partial charge in [0.1, 0.15) is 0 Å². The van der Waals surface area contributed by atoms with E-state index in [0.29, 0.717) is 30.3 Å². The SMILES string of the molecule is CCCOc1c(OC)cc(/C=N\n2c(Cc3ccccc3)nnc2SC)cc1OC. The van der Waals surface area contributed by atoms with Crippen molar-refractivity contribution in [1.82, 2.24) is 14.9 Å². The summed E-state index contributed by atoms with van der Waals surface area (Å²) in [6.07, 6.45) is 5.23. The third-order valence-corrected chi connectivity index (χ3v) is 4.94. The van der Waals surface area contributed by atoms with Gasteiger partial charge in [-0.05, 0) is 30.4 Å². The molecule has 0 amide bonds. The highest BCUT2D eigenvalue weighted by Gasteiger charge is 2.15. The number of ether oxygens (including phenoxy) is 3. The number of hydrogen-bond acceptors (Lipinski definition) is 7. The second-order valence-corrected chi connectivity index (χ2v) is 7.20. The van der Waals surface area contributed by atoms with Gasteiger partial charge in [0.15, 0.2) is 17.3 Å². The first-order valence-electron chi connectivity index (χ1n) is 9.65. The highest BCUT2D eigenvalue weighted by Crippen LogP contribution is 2.38. The van der Waals surface area contributed by atoms with E-state index in [0.717, 1.165) is 28.5 Å². The topological polar surface area (TPSA) is 70.8 Å². The van der Waals surface area contributed by atoms with Crippen molar-refractivity contribution in [2.45, 2.75) is 24.9 Å². The van der Waals surface area contributed by atoms with Gasteiger partial charge in [-0.3, -0.25) is 0 Å². The van der Waals surface area contributed by atoms with Crippen LogP contribution in [0.25, 0.3) is 0 Å². The third-order valence-electron chi connectivity index (χ3n) is 4.32. The number of aromatic nitrogens is 3. The molecule has 0 fully saturated rings. The molecule has 0 aliphatic rings. The molecule has 0 atom stereocenters. The lowest BCUT2D eigenvalue weighted by Crippen LogP contribution is -2.03. The molecule has 1 heterocycles. The van der Waals surface area contributed by atoms with E-state index >= 15 is 0 Å². The number of rotatable bonds is 10. The van der Waals surface area contributed by atoms with Crippen molar-refractivity contribution in [3.63, 3.8) is 0 Å². The third kappa shape index (κ3) is 5.13. The first kappa shape index (κ1) is 21.7. The Hall–Kier alpha value is -3.00. The first-order chi connectivity index (χ1) is 14.7.